The standard InChI is InChI=1S/C22H24O3S/c1-8-2-4-9(5-3-8)26(23,24)25-7-12-17-19-13-10-6-11-15(13)21(17)22-16(11)14(10)20(19)18(12)22/h2-5,10-22H,6-7H2,1H3/t10?,11?,12?,13-,14+,15+,16-,17?,18?,19-,20+,21+,22-. The van der Waals surface area contributed by atoms with E-state index in [4.69, 9.17) is 4.18 Å². The topological polar surface area (TPSA) is 43.4 Å². The summed E-state index contributed by atoms with van der Waals surface area (Å²) >= 11 is 0. The molecule has 1 aromatic rings. The molecule has 8 aliphatic rings. The molecule has 0 heterocycles. The van der Waals surface area contributed by atoms with Crippen molar-refractivity contribution < 1.29 is 12.6 Å². The molecule has 0 saturated heterocycles. The van der Waals surface area contributed by atoms with Crippen molar-refractivity contribution in [1.82, 2.24) is 0 Å². The van der Waals surface area contributed by atoms with Crippen LogP contribution in [0.2, 0.25) is 0 Å². The van der Waals surface area contributed by atoms with Gasteiger partial charge in [-0.3, -0.25) is 4.18 Å². The molecule has 1 aromatic carbocycles. The highest BCUT2D eigenvalue weighted by Gasteiger charge is 2.90. The maximum atomic E-state index is 12.7. The molecule has 4 bridgehead atoms. The van der Waals surface area contributed by atoms with E-state index in [-0.39, 0.29) is 0 Å². The molecule has 0 spiro atoms. The van der Waals surface area contributed by atoms with Crippen LogP contribution in [-0.2, 0) is 14.3 Å². The van der Waals surface area contributed by atoms with Gasteiger partial charge in [-0.2, -0.15) is 8.42 Å². The second kappa shape index (κ2) is 3.96. The molecule has 136 valence electrons. The Morgan fingerprint density at radius 1 is 0.808 bits per heavy atom. The van der Waals surface area contributed by atoms with Crippen molar-refractivity contribution in [2.24, 2.45) is 76.9 Å². The lowest BCUT2D eigenvalue weighted by atomic mass is 9.80. The fourth-order valence-electron chi connectivity index (χ4n) is 10.9. The summed E-state index contributed by atoms with van der Waals surface area (Å²) in [4.78, 5) is 0.311. The van der Waals surface area contributed by atoms with Gasteiger partial charge in [-0.25, -0.2) is 0 Å². The van der Waals surface area contributed by atoms with E-state index in [2.05, 4.69) is 0 Å². The zero-order chi connectivity index (χ0) is 17.1. The molecule has 0 N–H and O–H groups in total. The van der Waals surface area contributed by atoms with Crippen molar-refractivity contribution in [2.45, 2.75) is 18.2 Å². The molecule has 8 saturated carbocycles. The summed E-state index contributed by atoms with van der Waals surface area (Å²) in [5.74, 6) is 12.3. The molecule has 8 aliphatic carbocycles. The molecule has 0 amide bonds. The lowest BCUT2D eigenvalue weighted by molar-refractivity contribution is 0.194. The molecule has 26 heavy (non-hydrogen) atoms. The van der Waals surface area contributed by atoms with Crippen LogP contribution in [0, 0.1) is 83.9 Å². The van der Waals surface area contributed by atoms with E-state index in [0.29, 0.717) is 17.4 Å². The van der Waals surface area contributed by atoms with Crippen LogP contribution < -0.4 is 0 Å². The Labute approximate surface area is 154 Å². The van der Waals surface area contributed by atoms with E-state index in [0.717, 1.165) is 76.6 Å². The predicted octanol–water partition coefficient (Wildman–Crippen LogP) is 3.20. The number of hydrogen-bond acceptors (Lipinski definition) is 3. The fraction of sp³-hybridized carbons (Fsp3) is 0.727. The SMILES string of the molecule is Cc1ccc(S(=O)(=O)OCC2C3[C@@H]4[C@H]5C6CC7[C@H]5[C@H]3[C@@H]3C2[C@H]4[C@H]6[C@H]73)cc1. The molecule has 9 rings (SSSR count). The van der Waals surface area contributed by atoms with Crippen molar-refractivity contribution >= 4 is 10.1 Å². The van der Waals surface area contributed by atoms with Crippen LogP contribution in [0.15, 0.2) is 29.2 Å². The van der Waals surface area contributed by atoms with E-state index in [1.165, 1.54) is 0 Å². The second-order valence-electron chi connectivity index (χ2n) is 10.6. The van der Waals surface area contributed by atoms with Gasteiger partial charge in [0.15, 0.2) is 0 Å². The Morgan fingerprint density at radius 3 is 1.81 bits per heavy atom. The van der Waals surface area contributed by atoms with E-state index in [9.17, 15) is 8.42 Å². The summed E-state index contributed by atoms with van der Waals surface area (Å²) in [6.45, 7) is 2.42. The van der Waals surface area contributed by atoms with E-state index < -0.39 is 10.1 Å². The van der Waals surface area contributed by atoms with Crippen LogP contribution in [-0.4, -0.2) is 15.0 Å². The van der Waals surface area contributed by atoms with Gasteiger partial charge < -0.3 is 0 Å². The second-order valence-corrected chi connectivity index (χ2v) is 12.2. The molecule has 0 radical (unpaired) electrons. The Morgan fingerprint density at radius 2 is 1.31 bits per heavy atom. The van der Waals surface area contributed by atoms with Crippen molar-refractivity contribution in [3.05, 3.63) is 29.8 Å². The van der Waals surface area contributed by atoms with Gasteiger partial charge in [0.05, 0.1) is 11.5 Å². The zero-order valence-corrected chi connectivity index (χ0v) is 15.7. The smallest absolute Gasteiger partial charge is 0.266 e. The van der Waals surface area contributed by atoms with E-state index in [1.54, 1.807) is 18.6 Å². The van der Waals surface area contributed by atoms with Gasteiger partial charge in [0.2, 0.25) is 0 Å². The Bertz CT molecular complexity index is 882. The van der Waals surface area contributed by atoms with Crippen LogP contribution in [0.4, 0.5) is 0 Å². The minimum Gasteiger partial charge on any atom is -0.266 e. The molecular formula is C22H24O3S. The van der Waals surface area contributed by atoms with Crippen molar-refractivity contribution in [3.8, 4) is 0 Å². The third-order valence-corrected chi connectivity index (χ3v) is 11.9. The number of hydrogen-bond donors (Lipinski definition) is 0. The van der Waals surface area contributed by atoms with Gasteiger partial charge >= 0.3 is 0 Å². The fourth-order valence-corrected chi connectivity index (χ4v) is 11.9. The average molecular weight is 368 g/mol. The maximum Gasteiger partial charge on any atom is 0.296 e. The quantitative estimate of drug-likeness (QED) is 0.767. The van der Waals surface area contributed by atoms with Crippen molar-refractivity contribution in [2.75, 3.05) is 6.61 Å². The zero-order valence-electron chi connectivity index (χ0n) is 14.9. The third kappa shape index (κ3) is 1.20. The molecule has 4 unspecified atom stereocenters. The highest BCUT2D eigenvalue weighted by atomic mass is 32.2. The summed E-state index contributed by atoms with van der Waals surface area (Å²) in [7, 11) is -3.62. The predicted molar refractivity (Wildman–Crippen MR) is 94.3 cm³/mol. The van der Waals surface area contributed by atoms with Gasteiger partial charge in [-0.05, 0) is 102 Å². The van der Waals surface area contributed by atoms with Gasteiger partial charge in [-0.15, -0.1) is 0 Å². The molecule has 3 nitrogen and oxygen atoms in total. The number of rotatable bonds is 4. The van der Waals surface area contributed by atoms with E-state index in [1.807, 2.05) is 19.1 Å². The van der Waals surface area contributed by atoms with Gasteiger partial charge in [0, 0.05) is 0 Å². The minimum atomic E-state index is -3.62. The Kier molecular flexibility index (Phi) is 2.16. The van der Waals surface area contributed by atoms with Gasteiger partial charge in [-0.1, -0.05) is 17.7 Å². The third-order valence-electron chi connectivity index (χ3n) is 10.6. The monoisotopic (exact) mass is 368 g/mol. The van der Waals surface area contributed by atoms with Crippen LogP contribution in [0.3, 0.4) is 0 Å². The van der Waals surface area contributed by atoms with Crippen LogP contribution in [0.1, 0.15) is 12.0 Å². The molecule has 0 aromatic heterocycles. The molecule has 8 fully saturated rings. The first kappa shape index (κ1) is 14.2. The number of aryl methyl sites for hydroxylation is 1. The maximum absolute atomic E-state index is 12.7. The summed E-state index contributed by atoms with van der Waals surface area (Å²) in [6, 6.07) is 7.06. The van der Waals surface area contributed by atoms with E-state index >= 15 is 0 Å². The minimum absolute atomic E-state index is 0.311. The largest absolute Gasteiger partial charge is 0.296 e. The number of benzene rings is 1. The summed E-state index contributed by atoms with van der Waals surface area (Å²) in [5, 5.41) is 0. The lowest BCUT2D eigenvalue weighted by Gasteiger charge is -2.25. The molecular weight excluding hydrogens is 344 g/mol. The van der Waals surface area contributed by atoms with Crippen LogP contribution in [0.25, 0.3) is 0 Å². The molecule has 4 heteroatoms. The van der Waals surface area contributed by atoms with Crippen LogP contribution in [0.5, 0.6) is 0 Å². The Hall–Kier alpha value is -0.870. The summed E-state index contributed by atoms with van der Waals surface area (Å²) in [6.07, 6.45) is 1.56. The van der Waals surface area contributed by atoms with Crippen LogP contribution >= 0.6 is 0 Å². The first-order valence-electron chi connectivity index (χ1n) is 10.5. The molecule has 0 aliphatic heterocycles. The Balaban J connectivity index is 1.12. The highest BCUT2D eigenvalue weighted by molar-refractivity contribution is 7.86. The average Bonchev–Trinajstić information content (AvgIpc) is 3.35. The first-order valence-corrected chi connectivity index (χ1v) is 11.9. The van der Waals surface area contributed by atoms with Crippen molar-refractivity contribution in [3.63, 3.8) is 0 Å². The summed E-state index contributed by atoms with van der Waals surface area (Å²) in [5.41, 5.74) is 1.07. The molecule has 12 atom stereocenters. The first-order chi connectivity index (χ1) is 12.6. The lowest BCUT2D eigenvalue weighted by Crippen LogP contribution is -2.21. The van der Waals surface area contributed by atoms with Crippen molar-refractivity contribution in [1.29, 1.82) is 0 Å². The normalized spacial score (nSPS) is 60.6. The highest BCUT2D eigenvalue weighted by Crippen LogP contribution is 2.93. The van der Waals surface area contributed by atoms with Gasteiger partial charge in [0.1, 0.15) is 0 Å². The summed E-state index contributed by atoms with van der Waals surface area (Å²) < 4.78 is 31.0. The van der Waals surface area contributed by atoms with Gasteiger partial charge in [0.25, 0.3) is 10.1 Å².